The largest absolute Gasteiger partial charge is 0.346 e. The van der Waals surface area contributed by atoms with Crippen LogP contribution in [0.2, 0.25) is 0 Å². The van der Waals surface area contributed by atoms with Crippen LogP contribution in [0.5, 0.6) is 0 Å². The van der Waals surface area contributed by atoms with Gasteiger partial charge in [0.25, 0.3) is 0 Å². The Labute approximate surface area is 168 Å². The fraction of sp³-hybridized carbons (Fsp3) is 0.591. The van der Waals surface area contributed by atoms with E-state index in [0.717, 1.165) is 57.1 Å². The topological polar surface area (TPSA) is 63.1 Å². The zero-order chi connectivity index (χ0) is 20.1. The fourth-order valence-electron chi connectivity index (χ4n) is 3.89. The number of amides is 1. The molecule has 0 spiro atoms. The molecule has 1 N–H and O–H groups in total. The number of aromatic nitrogens is 3. The highest BCUT2D eigenvalue weighted by molar-refractivity contribution is 5.73. The normalized spacial score (nSPS) is 15.9. The number of fused-ring (bicyclic) bond motifs is 1. The lowest BCUT2D eigenvalue weighted by molar-refractivity contribution is -0.119. The van der Waals surface area contributed by atoms with Crippen LogP contribution in [0, 0.1) is 5.92 Å². The highest BCUT2D eigenvalue weighted by Gasteiger charge is 2.25. The van der Waals surface area contributed by atoms with Gasteiger partial charge in [-0.3, -0.25) is 9.69 Å². The van der Waals surface area contributed by atoms with Gasteiger partial charge in [-0.25, -0.2) is 0 Å². The average molecular weight is 384 g/mol. The van der Waals surface area contributed by atoms with E-state index >= 15 is 0 Å². The highest BCUT2D eigenvalue weighted by Crippen LogP contribution is 2.22. The monoisotopic (exact) mass is 383 g/mol. The molecule has 28 heavy (non-hydrogen) atoms. The van der Waals surface area contributed by atoms with Crippen LogP contribution in [0.1, 0.15) is 62.9 Å². The first kappa shape index (κ1) is 20.5. The van der Waals surface area contributed by atoms with Gasteiger partial charge < -0.3 is 9.88 Å². The molecule has 1 atom stereocenters. The van der Waals surface area contributed by atoms with E-state index in [4.69, 9.17) is 0 Å². The minimum Gasteiger partial charge on any atom is -0.346 e. The summed E-state index contributed by atoms with van der Waals surface area (Å²) in [7, 11) is 0. The Kier molecular flexibility index (Phi) is 6.83. The number of hydrogen-bond acceptors (Lipinski definition) is 4. The van der Waals surface area contributed by atoms with Crippen molar-refractivity contribution in [3.8, 4) is 0 Å². The summed E-state index contributed by atoms with van der Waals surface area (Å²) in [6.07, 6.45) is 2.83. The lowest BCUT2D eigenvalue weighted by Crippen LogP contribution is -2.31. The molecular formula is C22H33N5O. The van der Waals surface area contributed by atoms with Gasteiger partial charge in [0.1, 0.15) is 5.82 Å². The Morgan fingerprint density at radius 3 is 2.46 bits per heavy atom. The molecule has 3 rings (SSSR count). The Bertz CT molecular complexity index is 781. The van der Waals surface area contributed by atoms with Crippen molar-refractivity contribution in [3.05, 3.63) is 47.0 Å². The molecule has 2 aromatic rings. The molecule has 6 heteroatoms. The first-order valence-corrected chi connectivity index (χ1v) is 10.5. The summed E-state index contributed by atoms with van der Waals surface area (Å²) in [5, 5.41) is 12.0. The van der Waals surface area contributed by atoms with Crippen LogP contribution < -0.4 is 5.32 Å². The number of nitrogens with zero attached hydrogens (tertiary/aromatic N) is 4. The summed E-state index contributed by atoms with van der Waals surface area (Å²) in [5.41, 5.74) is 2.73. The Balaban J connectivity index is 1.70. The third kappa shape index (κ3) is 5.19. The van der Waals surface area contributed by atoms with Gasteiger partial charge in [0, 0.05) is 39.5 Å². The average Bonchev–Trinajstić information content (AvgIpc) is 2.96. The maximum atomic E-state index is 11.7. The summed E-state index contributed by atoms with van der Waals surface area (Å²) < 4.78 is 2.23. The van der Waals surface area contributed by atoms with E-state index in [-0.39, 0.29) is 11.9 Å². The summed E-state index contributed by atoms with van der Waals surface area (Å²) in [5.74, 6) is 2.37. The minimum absolute atomic E-state index is 0.0197. The van der Waals surface area contributed by atoms with E-state index < -0.39 is 0 Å². The number of aryl methyl sites for hydroxylation is 1. The van der Waals surface area contributed by atoms with Gasteiger partial charge in [-0.15, -0.1) is 10.2 Å². The Morgan fingerprint density at radius 2 is 1.82 bits per heavy atom. The molecular weight excluding hydrogens is 350 g/mol. The van der Waals surface area contributed by atoms with Crippen molar-refractivity contribution in [2.24, 2.45) is 5.92 Å². The molecule has 152 valence electrons. The van der Waals surface area contributed by atoms with Gasteiger partial charge in [0.05, 0.1) is 6.04 Å². The lowest BCUT2D eigenvalue weighted by atomic mass is 10.0. The van der Waals surface area contributed by atoms with Crippen molar-refractivity contribution >= 4 is 5.91 Å². The molecule has 0 aliphatic carbocycles. The first-order chi connectivity index (χ1) is 13.5. The SMILES string of the molecule is CCc1ccc(CN2CCc3nnc([C@@H](CC(C)C)NC(C)=O)n3CC2)cc1. The molecule has 1 amide bonds. The third-order valence-electron chi connectivity index (χ3n) is 5.38. The van der Waals surface area contributed by atoms with Gasteiger partial charge in [0.15, 0.2) is 5.82 Å². The summed E-state index contributed by atoms with van der Waals surface area (Å²) in [6, 6.07) is 8.86. The van der Waals surface area contributed by atoms with Crippen LogP contribution in [0.4, 0.5) is 0 Å². The van der Waals surface area contributed by atoms with Crippen LogP contribution in [0.15, 0.2) is 24.3 Å². The summed E-state index contributed by atoms with van der Waals surface area (Å²) >= 11 is 0. The number of carbonyl (C=O) groups excluding carboxylic acids is 1. The highest BCUT2D eigenvalue weighted by atomic mass is 16.1. The minimum atomic E-state index is -0.0770. The van der Waals surface area contributed by atoms with E-state index in [1.54, 1.807) is 6.92 Å². The maximum absolute atomic E-state index is 11.7. The van der Waals surface area contributed by atoms with E-state index in [9.17, 15) is 4.79 Å². The van der Waals surface area contributed by atoms with Gasteiger partial charge in [-0.2, -0.15) is 0 Å². The third-order valence-corrected chi connectivity index (χ3v) is 5.38. The van der Waals surface area contributed by atoms with Gasteiger partial charge in [0.2, 0.25) is 5.91 Å². The fourth-order valence-corrected chi connectivity index (χ4v) is 3.89. The zero-order valence-electron chi connectivity index (χ0n) is 17.6. The second kappa shape index (κ2) is 9.32. The number of carbonyl (C=O) groups is 1. The molecule has 0 saturated heterocycles. The molecule has 1 aliphatic heterocycles. The standard InChI is InChI=1S/C22H33N5O/c1-5-18-6-8-19(9-7-18)15-26-11-10-21-24-25-22(27(21)13-12-26)20(14-16(2)3)23-17(4)28/h6-9,16,20H,5,10-15H2,1-4H3,(H,23,28)/t20-/m1/s1. The Hall–Kier alpha value is -2.21. The van der Waals surface area contributed by atoms with Crippen LogP contribution in [0.3, 0.4) is 0 Å². The lowest BCUT2D eigenvalue weighted by Gasteiger charge is -2.22. The molecule has 0 fully saturated rings. The van der Waals surface area contributed by atoms with Crippen molar-refractivity contribution in [3.63, 3.8) is 0 Å². The van der Waals surface area contributed by atoms with Crippen molar-refractivity contribution in [2.45, 2.75) is 66.1 Å². The second-order valence-electron chi connectivity index (χ2n) is 8.20. The van der Waals surface area contributed by atoms with E-state index in [2.05, 4.69) is 70.0 Å². The number of rotatable bonds is 7. The zero-order valence-corrected chi connectivity index (χ0v) is 17.6. The summed E-state index contributed by atoms with van der Waals surface area (Å²) in [4.78, 5) is 14.2. The molecule has 1 aromatic heterocycles. The van der Waals surface area contributed by atoms with Gasteiger partial charge >= 0.3 is 0 Å². The number of nitrogens with one attached hydrogen (secondary N) is 1. The molecule has 0 unspecified atom stereocenters. The molecule has 2 heterocycles. The molecule has 6 nitrogen and oxygen atoms in total. The predicted octanol–water partition coefficient (Wildman–Crippen LogP) is 3.12. The van der Waals surface area contributed by atoms with Crippen molar-refractivity contribution in [1.29, 1.82) is 0 Å². The van der Waals surface area contributed by atoms with Crippen molar-refractivity contribution < 1.29 is 4.79 Å². The van der Waals surface area contributed by atoms with Crippen molar-refractivity contribution in [2.75, 3.05) is 13.1 Å². The maximum Gasteiger partial charge on any atom is 0.217 e. The predicted molar refractivity (Wildman–Crippen MR) is 111 cm³/mol. The smallest absolute Gasteiger partial charge is 0.217 e. The van der Waals surface area contributed by atoms with Crippen LogP contribution >= 0.6 is 0 Å². The van der Waals surface area contributed by atoms with Crippen LogP contribution in [0.25, 0.3) is 0 Å². The summed E-state index contributed by atoms with van der Waals surface area (Å²) in [6.45, 7) is 11.8. The van der Waals surface area contributed by atoms with Crippen LogP contribution in [-0.2, 0) is 30.7 Å². The second-order valence-corrected chi connectivity index (χ2v) is 8.20. The van der Waals surface area contributed by atoms with Crippen molar-refractivity contribution in [1.82, 2.24) is 25.0 Å². The molecule has 0 bridgehead atoms. The number of hydrogen-bond donors (Lipinski definition) is 1. The van der Waals surface area contributed by atoms with Gasteiger partial charge in [-0.05, 0) is 29.9 Å². The number of benzene rings is 1. The molecule has 1 aromatic carbocycles. The molecule has 0 radical (unpaired) electrons. The van der Waals surface area contributed by atoms with Gasteiger partial charge in [-0.1, -0.05) is 45.0 Å². The molecule has 1 aliphatic rings. The van der Waals surface area contributed by atoms with E-state index in [1.165, 1.54) is 11.1 Å². The first-order valence-electron chi connectivity index (χ1n) is 10.5. The quantitative estimate of drug-likeness (QED) is 0.798. The Morgan fingerprint density at radius 1 is 1.11 bits per heavy atom. The van der Waals surface area contributed by atoms with E-state index in [1.807, 2.05) is 0 Å². The van der Waals surface area contributed by atoms with E-state index in [0.29, 0.717) is 5.92 Å². The molecule has 0 saturated carbocycles. The van der Waals surface area contributed by atoms with Crippen LogP contribution in [-0.4, -0.2) is 38.7 Å².